The maximum Gasteiger partial charge on any atom is 0.255 e. The molecule has 0 saturated heterocycles. The van der Waals surface area contributed by atoms with Crippen molar-refractivity contribution in [2.24, 2.45) is 0 Å². The van der Waals surface area contributed by atoms with E-state index in [-0.39, 0.29) is 11.5 Å². The third-order valence-corrected chi connectivity index (χ3v) is 4.74. The minimum Gasteiger partial charge on any atom is -0.348 e. The van der Waals surface area contributed by atoms with Crippen LogP contribution in [0.4, 0.5) is 10.1 Å². The molecule has 5 heteroatoms. The molecule has 4 aromatic rings. The second-order valence-electron chi connectivity index (χ2n) is 6.91. The lowest BCUT2D eigenvalue weighted by Crippen LogP contribution is -2.22. The SMILES string of the molecule is O=C(NCc1cccc(NC(=O)c2cccc(F)c2)c1)c1ccc2ccccc2c1. The van der Waals surface area contributed by atoms with Gasteiger partial charge in [0.25, 0.3) is 11.8 Å². The van der Waals surface area contributed by atoms with E-state index < -0.39 is 11.7 Å². The number of halogens is 1. The molecule has 2 N–H and O–H groups in total. The number of anilines is 1. The van der Waals surface area contributed by atoms with Crippen molar-refractivity contribution < 1.29 is 14.0 Å². The third kappa shape index (κ3) is 4.52. The van der Waals surface area contributed by atoms with Crippen molar-refractivity contribution >= 4 is 28.3 Å². The Morgan fingerprint density at radius 3 is 2.30 bits per heavy atom. The van der Waals surface area contributed by atoms with Gasteiger partial charge in [-0.15, -0.1) is 0 Å². The molecule has 0 aromatic heterocycles. The lowest BCUT2D eigenvalue weighted by Gasteiger charge is -2.09. The van der Waals surface area contributed by atoms with E-state index in [9.17, 15) is 14.0 Å². The molecule has 0 aliphatic rings. The summed E-state index contributed by atoms with van der Waals surface area (Å²) in [4.78, 5) is 24.8. The highest BCUT2D eigenvalue weighted by Gasteiger charge is 2.09. The molecule has 0 atom stereocenters. The van der Waals surface area contributed by atoms with Gasteiger partial charge in [-0.1, -0.05) is 48.5 Å². The Bertz CT molecular complexity index is 1240. The molecule has 0 radical (unpaired) electrons. The Hall–Kier alpha value is -3.99. The minimum atomic E-state index is -0.465. The highest BCUT2D eigenvalue weighted by molar-refractivity contribution is 6.04. The van der Waals surface area contributed by atoms with Gasteiger partial charge in [0.1, 0.15) is 5.82 Å². The first kappa shape index (κ1) is 19.3. The molecular formula is C25H19FN2O2. The maximum atomic E-state index is 13.3. The zero-order valence-corrected chi connectivity index (χ0v) is 16.1. The van der Waals surface area contributed by atoms with E-state index in [1.54, 1.807) is 30.3 Å². The first-order valence-electron chi connectivity index (χ1n) is 9.51. The van der Waals surface area contributed by atoms with E-state index in [0.717, 1.165) is 16.3 Å². The average Bonchev–Trinajstić information content (AvgIpc) is 2.77. The van der Waals surface area contributed by atoms with Crippen LogP contribution in [-0.4, -0.2) is 11.8 Å². The van der Waals surface area contributed by atoms with Gasteiger partial charge in [-0.2, -0.15) is 0 Å². The number of carbonyl (C=O) groups is 2. The third-order valence-electron chi connectivity index (χ3n) is 4.74. The molecule has 0 heterocycles. The van der Waals surface area contributed by atoms with Crippen LogP contribution in [0.2, 0.25) is 0 Å². The molecule has 4 rings (SSSR count). The number of nitrogens with one attached hydrogen (secondary N) is 2. The van der Waals surface area contributed by atoms with E-state index in [2.05, 4.69) is 10.6 Å². The summed E-state index contributed by atoms with van der Waals surface area (Å²) in [6, 6.07) is 26.1. The van der Waals surface area contributed by atoms with Gasteiger partial charge in [0.2, 0.25) is 0 Å². The van der Waals surface area contributed by atoms with Crippen LogP contribution < -0.4 is 10.6 Å². The monoisotopic (exact) mass is 398 g/mol. The van der Waals surface area contributed by atoms with Gasteiger partial charge in [-0.05, 0) is 58.8 Å². The highest BCUT2D eigenvalue weighted by Crippen LogP contribution is 2.16. The van der Waals surface area contributed by atoms with Crippen LogP contribution in [0, 0.1) is 5.82 Å². The summed E-state index contributed by atoms with van der Waals surface area (Å²) in [5.74, 6) is -1.03. The smallest absolute Gasteiger partial charge is 0.255 e. The van der Waals surface area contributed by atoms with Crippen molar-refractivity contribution in [1.29, 1.82) is 0 Å². The topological polar surface area (TPSA) is 58.2 Å². The van der Waals surface area contributed by atoms with Gasteiger partial charge in [0.05, 0.1) is 0 Å². The molecule has 0 unspecified atom stereocenters. The summed E-state index contributed by atoms with van der Waals surface area (Å²) in [5.41, 5.74) is 2.23. The molecule has 0 aliphatic carbocycles. The highest BCUT2D eigenvalue weighted by atomic mass is 19.1. The Morgan fingerprint density at radius 1 is 0.700 bits per heavy atom. The quantitative estimate of drug-likeness (QED) is 0.488. The molecule has 0 saturated carbocycles. The summed E-state index contributed by atoms with van der Waals surface area (Å²) in [6.45, 7) is 0.315. The Labute approximate surface area is 173 Å². The van der Waals surface area contributed by atoms with Crippen LogP contribution in [0.15, 0.2) is 91.0 Å². The molecule has 2 amide bonds. The van der Waals surface area contributed by atoms with Crippen molar-refractivity contribution in [2.45, 2.75) is 6.54 Å². The normalized spacial score (nSPS) is 10.6. The molecule has 0 spiro atoms. The van der Waals surface area contributed by atoms with E-state index in [4.69, 9.17) is 0 Å². The predicted octanol–water partition coefficient (Wildman–Crippen LogP) is 5.16. The predicted molar refractivity (Wildman–Crippen MR) is 116 cm³/mol. The van der Waals surface area contributed by atoms with Gasteiger partial charge in [-0.25, -0.2) is 4.39 Å². The van der Waals surface area contributed by atoms with E-state index in [1.807, 2.05) is 42.5 Å². The van der Waals surface area contributed by atoms with Crippen LogP contribution in [0.1, 0.15) is 26.3 Å². The summed E-state index contributed by atoms with van der Waals surface area (Å²) in [5, 5.41) is 7.73. The lowest BCUT2D eigenvalue weighted by molar-refractivity contribution is 0.0950. The second kappa shape index (κ2) is 8.57. The van der Waals surface area contributed by atoms with Crippen molar-refractivity contribution in [1.82, 2.24) is 5.32 Å². The van der Waals surface area contributed by atoms with Crippen LogP contribution in [0.5, 0.6) is 0 Å². The van der Waals surface area contributed by atoms with Crippen LogP contribution in [-0.2, 0) is 6.54 Å². The zero-order chi connectivity index (χ0) is 20.9. The van der Waals surface area contributed by atoms with Crippen molar-refractivity contribution in [3.05, 3.63) is 114 Å². The van der Waals surface area contributed by atoms with Gasteiger partial charge in [0, 0.05) is 23.4 Å². The average molecular weight is 398 g/mol. The van der Waals surface area contributed by atoms with Crippen molar-refractivity contribution in [3.63, 3.8) is 0 Å². The molecule has 4 aromatic carbocycles. The summed E-state index contributed by atoms with van der Waals surface area (Å²) in [7, 11) is 0. The summed E-state index contributed by atoms with van der Waals surface area (Å²) in [6.07, 6.45) is 0. The molecular weight excluding hydrogens is 379 g/mol. The molecule has 0 aliphatic heterocycles. The number of benzene rings is 4. The number of hydrogen-bond acceptors (Lipinski definition) is 2. The van der Waals surface area contributed by atoms with E-state index in [0.29, 0.717) is 17.8 Å². The van der Waals surface area contributed by atoms with Crippen LogP contribution in [0.25, 0.3) is 10.8 Å². The zero-order valence-electron chi connectivity index (χ0n) is 16.1. The van der Waals surface area contributed by atoms with Crippen molar-refractivity contribution in [3.8, 4) is 0 Å². The van der Waals surface area contributed by atoms with Crippen LogP contribution >= 0.6 is 0 Å². The minimum absolute atomic E-state index is 0.171. The number of hydrogen-bond donors (Lipinski definition) is 2. The fourth-order valence-corrected chi connectivity index (χ4v) is 3.21. The lowest BCUT2D eigenvalue weighted by atomic mass is 10.1. The van der Waals surface area contributed by atoms with Crippen molar-refractivity contribution in [2.75, 3.05) is 5.32 Å². The Kier molecular flexibility index (Phi) is 5.52. The van der Waals surface area contributed by atoms with Gasteiger partial charge in [0.15, 0.2) is 0 Å². The number of fused-ring (bicyclic) bond motifs is 1. The first-order valence-corrected chi connectivity index (χ1v) is 9.51. The second-order valence-corrected chi connectivity index (χ2v) is 6.91. The van der Waals surface area contributed by atoms with Gasteiger partial charge < -0.3 is 10.6 Å². The van der Waals surface area contributed by atoms with Gasteiger partial charge >= 0.3 is 0 Å². The van der Waals surface area contributed by atoms with Crippen LogP contribution in [0.3, 0.4) is 0 Å². The fourth-order valence-electron chi connectivity index (χ4n) is 3.21. The molecule has 148 valence electrons. The molecule has 0 bridgehead atoms. The Morgan fingerprint density at radius 2 is 1.47 bits per heavy atom. The molecule has 30 heavy (non-hydrogen) atoms. The summed E-state index contributed by atoms with van der Waals surface area (Å²) >= 11 is 0. The van der Waals surface area contributed by atoms with Gasteiger partial charge in [-0.3, -0.25) is 9.59 Å². The number of amides is 2. The molecule has 0 fully saturated rings. The fraction of sp³-hybridized carbons (Fsp3) is 0.0400. The maximum absolute atomic E-state index is 13.3. The van der Waals surface area contributed by atoms with E-state index in [1.165, 1.54) is 18.2 Å². The summed E-state index contributed by atoms with van der Waals surface area (Å²) < 4.78 is 13.3. The number of carbonyl (C=O) groups excluding carboxylic acids is 2. The number of rotatable bonds is 5. The first-order chi connectivity index (χ1) is 14.6. The largest absolute Gasteiger partial charge is 0.348 e. The van der Waals surface area contributed by atoms with E-state index >= 15 is 0 Å². The Balaban J connectivity index is 1.41. The standard InChI is InChI=1S/C25H19FN2O2/c26-22-9-4-8-20(15-22)25(30)28-23-10-3-5-17(13-23)16-27-24(29)21-12-11-18-6-1-2-7-19(18)14-21/h1-15H,16H2,(H,27,29)(H,28,30). The molecule has 4 nitrogen and oxygen atoms in total.